The summed E-state index contributed by atoms with van der Waals surface area (Å²) < 4.78 is 37.7. The number of hydrazine groups is 1. The van der Waals surface area contributed by atoms with Crippen LogP contribution in [0, 0.1) is 5.82 Å². The second-order valence-corrected chi connectivity index (χ2v) is 6.32. The van der Waals surface area contributed by atoms with Crippen molar-refractivity contribution < 1.29 is 17.6 Å². The molecule has 0 saturated heterocycles. The lowest BCUT2D eigenvalue weighted by Crippen LogP contribution is -2.34. The van der Waals surface area contributed by atoms with Crippen molar-refractivity contribution in [2.24, 2.45) is 5.84 Å². The molecule has 0 atom stereocenters. The Kier molecular flexibility index (Phi) is 5.36. The van der Waals surface area contributed by atoms with Gasteiger partial charge in [-0.1, -0.05) is 0 Å². The Morgan fingerprint density at radius 3 is 2.70 bits per heavy atom. The van der Waals surface area contributed by atoms with Crippen molar-refractivity contribution in [3.63, 3.8) is 0 Å². The fourth-order valence-corrected chi connectivity index (χ4v) is 2.02. The molecule has 0 radical (unpaired) electrons. The van der Waals surface area contributed by atoms with Crippen LogP contribution in [0.15, 0.2) is 12.3 Å². The molecule has 1 amide bonds. The second kappa shape index (κ2) is 6.59. The van der Waals surface area contributed by atoms with E-state index in [1.807, 2.05) is 5.43 Å². The zero-order valence-electron chi connectivity index (χ0n) is 11.1. The number of anilines is 1. The summed E-state index contributed by atoms with van der Waals surface area (Å²) in [4.78, 5) is 15.3. The first-order valence-electron chi connectivity index (χ1n) is 5.59. The summed E-state index contributed by atoms with van der Waals surface area (Å²) in [7, 11) is -0.643. The molecular weight excluding hydrogens is 289 g/mol. The van der Waals surface area contributed by atoms with Gasteiger partial charge in [0, 0.05) is 26.8 Å². The molecule has 0 saturated carbocycles. The summed E-state index contributed by atoms with van der Waals surface area (Å²) in [5.41, 5.74) is 1.75. The summed E-state index contributed by atoms with van der Waals surface area (Å²) in [5, 5.41) is 2.32. The van der Waals surface area contributed by atoms with E-state index in [-0.39, 0.29) is 23.7 Å². The highest BCUT2D eigenvalue weighted by molar-refractivity contribution is 7.89. The van der Waals surface area contributed by atoms with Gasteiger partial charge in [-0.25, -0.2) is 27.9 Å². The van der Waals surface area contributed by atoms with Crippen molar-refractivity contribution in [3.05, 3.63) is 23.6 Å². The van der Waals surface area contributed by atoms with Crippen LogP contribution in [0.25, 0.3) is 0 Å². The van der Waals surface area contributed by atoms with Crippen LogP contribution in [0.2, 0.25) is 0 Å². The van der Waals surface area contributed by atoms with Crippen molar-refractivity contribution in [2.45, 2.75) is 0 Å². The van der Waals surface area contributed by atoms with Gasteiger partial charge in [-0.3, -0.25) is 4.79 Å². The zero-order chi connectivity index (χ0) is 15.3. The van der Waals surface area contributed by atoms with E-state index in [4.69, 9.17) is 5.84 Å². The number of hydrogen-bond donors (Lipinski definition) is 3. The van der Waals surface area contributed by atoms with Crippen LogP contribution in [0.3, 0.4) is 0 Å². The van der Waals surface area contributed by atoms with Gasteiger partial charge in [-0.2, -0.15) is 0 Å². The van der Waals surface area contributed by atoms with Crippen molar-refractivity contribution in [1.29, 1.82) is 0 Å². The molecule has 0 aromatic carbocycles. The number of pyridine rings is 1. The lowest BCUT2D eigenvalue weighted by molar-refractivity contribution is 0.0952. The molecular formula is C10H16FN5O3S. The number of hydrogen-bond acceptors (Lipinski definition) is 6. The van der Waals surface area contributed by atoms with E-state index < -0.39 is 21.7 Å². The molecule has 0 aliphatic carbocycles. The number of nitrogens with one attached hydrogen (secondary N) is 2. The van der Waals surface area contributed by atoms with Gasteiger partial charge in [-0.15, -0.1) is 0 Å². The van der Waals surface area contributed by atoms with Gasteiger partial charge in [0.25, 0.3) is 5.91 Å². The highest BCUT2D eigenvalue weighted by atomic mass is 32.2. The van der Waals surface area contributed by atoms with Crippen molar-refractivity contribution in [3.8, 4) is 0 Å². The standard InChI is InChI=1S/C10H16FN5O3S/c1-16(2)20(18,19)6-5-14-10(17)7-3-4-13-9(15-12)8(7)11/h3-4H,5-6,12H2,1-2H3,(H,13,15)(H,14,17). The Bertz CT molecular complexity index is 591. The number of amides is 1. The maximum atomic E-state index is 13.7. The minimum atomic E-state index is -3.42. The van der Waals surface area contributed by atoms with Gasteiger partial charge in [0.05, 0.1) is 11.3 Å². The number of sulfonamides is 1. The molecule has 1 aromatic rings. The average molecular weight is 305 g/mol. The molecule has 8 nitrogen and oxygen atoms in total. The summed E-state index contributed by atoms with van der Waals surface area (Å²) in [6.07, 6.45) is 1.21. The molecule has 20 heavy (non-hydrogen) atoms. The Balaban J connectivity index is 2.69. The summed E-state index contributed by atoms with van der Waals surface area (Å²) >= 11 is 0. The van der Waals surface area contributed by atoms with Crippen LogP contribution >= 0.6 is 0 Å². The third-order valence-electron chi connectivity index (χ3n) is 2.47. The van der Waals surface area contributed by atoms with Crippen LogP contribution in [-0.4, -0.2) is 50.0 Å². The largest absolute Gasteiger partial charge is 0.351 e. The number of carbonyl (C=O) groups excluding carboxylic acids is 1. The van der Waals surface area contributed by atoms with E-state index in [1.54, 1.807) is 0 Å². The monoisotopic (exact) mass is 305 g/mol. The predicted octanol–water partition coefficient (Wildman–Crippen LogP) is -0.872. The number of carbonyl (C=O) groups is 1. The fraction of sp³-hybridized carbons (Fsp3) is 0.400. The number of nitrogens with zero attached hydrogens (tertiary/aromatic N) is 2. The lowest BCUT2D eigenvalue weighted by Gasteiger charge is -2.12. The first-order chi connectivity index (χ1) is 9.29. The molecule has 1 aromatic heterocycles. The van der Waals surface area contributed by atoms with Gasteiger partial charge in [-0.05, 0) is 6.07 Å². The van der Waals surface area contributed by atoms with E-state index >= 15 is 0 Å². The maximum Gasteiger partial charge on any atom is 0.254 e. The van der Waals surface area contributed by atoms with Gasteiger partial charge in [0.2, 0.25) is 10.0 Å². The van der Waals surface area contributed by atoms with Crippen LogP contribution in [0.5, 0.6) is 0 Å². The number of nitrogen functional groups attached to an aromatic ring is 1. The minimum absolute atomic E-state index is 0.132. The Labute approximate surface area is 116 Å². The Hall–Kier alpha value is -1.78. The molecule has 0 fully saturated rings. The molecule has 0 unspecified atom stereocenters. The van der Waals surface area contributed by atoms with Crippen molar-refractivity contribution in [2.75, 3.05) is 31.8 Å². The summed E-state index contributed by atoms with van der Waals surface area (Å²) in [6.45, 7) is -0.132. The Morgan fingerprint density at radius 2 is 2.15 bits per heavy atom. The topological polar surface area (TPSA) is 117 Å². The van der Waals surface area contributed by atoms with E-state index in [0.29, 0.717) is 0 Å². The molecule has 0 aliphatic rings. The quantitative estimate of drug-likeness (QED) is 0.464. The smallest absolute Gasteiger partial charge is 0.254 e. The highest BCUT2D eigenvalue weighted by Gasteiger charge is 2.17. The second-order valence-electron chi connectivity index (χ2n) is 4.02. The maximum absolute atomic E-state index is 13.7. The van der Waals surface area contributed by atoms with Gasteiger partial charge in [0.15, 0.2) is 11.6 Å². The summed E-state index contributed by atoms with van der Waals surface area (Å²) in [5.74, 6) is 2.86. The third kappa shape index (κ3) is 3.85. The first-order valence-corrected chi connectivity index (χ1v) is 7.20. The Morgan fingerprint density at radius 1 is 1.50 bits per heavy atom. The molecule has 0 aliphatic heterocycles. The number of nitrogens with two attached hydrogens (primary N) is 1. The third-order valence-corrected chi connectivity index (χ3v) is 4.31. The molecule has 1 rings (SSSR count). The van der Waals surface area contributed by atoms with Crippen LogP contribution < -0.4 is 16.6 Å². The molecule has 10 heteroatoms. The van der Waals surface area contributed by atoms with E-state index in [0.717, 1.165) is 4.31 Å². The zero-order valence-corrected chi connectivity index (χ0v) is 11.9. The number of halogens is 1. The number of rotatable bonds is 6. The molecule has 0 spiro atoms. The average Bonchev–Trinajstić information content (AvgIpc) is 2.38. The van der Waals surface area contributed by atoms with Crippen molar-refractivity contribution >= 4 is 21.7 Å². The molecule has 1 heterocycles. The number of aromatic nitrogens is 1. The SMILES string of the molecule is CN(C)S(=O)(=O)CCNC(=O)c1ccnc(NN)c1F. The minimum Gasteiger partial charge on any atom is -0.351 e. The van der Waals surface area contributed by atoms with Crippen LogP contribution in [0.4, 0.5) is 10.2 Å². The van der Waals surface area contributed by atoms with E-state index in [2.05, 4.69) is 10.3 Å². The van der Waals surface area contributed by atoms with Gasteiger partial charge in [0.1, 0.15) is 0 Å². The first kappa shape index (κ1) is 16.3. The fourth-order valence-electron chi connectivity index (χ4n) is 1.29. The van der Waals surface area contributed by atoms with E-state index in [9.17, 15) is 17.6 Å². The highest BCUT2D eigenvalue weighted by Crippen LogP contribution is 2.13. The molecule has 112 valence electrons. The van der Waals surface area contributed by atoms with Crippen LogP contribution in [0.1, 0.15) is 10.4 Å². The molecule has 4 N–H and O–H groups in total. The van der Waals surface area contributed by atoms with Gasteiger partial charge < -0.3 is 10.7 Å². The van der Waals surface area contributed by atoms with E-state index in [1.165, 1.54) is 26.4 Å². The molecule has 0 bridgehead atoms. The lowest BCUT2D eigenvalue weighted by atomic mass is 10.2. The van der Waals surface area contributed by atoms with Gasteiger partial charge >= 0.3 is 0 Å². The van der Waals surface area contributed by atoms with Crippen LogP contribution in [-0.2, 0) is 10.0 Å². The predicted molar refractivity (Wildman–Crippen MR) is 71.8 cm³/mol. The van der Waals surface area contributed by atoms with Crippen molar-refractivity contribution in [1.82, 2.24) is 14.6 Å². The summed E-state index contributed by atoms with van der Waals surface area (Å²) in [6, 6.07) is 1.17. The normalized spacial score (nSPS) is 11.4.